The molecule has 1 fully saturated rings. The Morgan fingerprint density at radius 2 is 1.70 bits per heavy atom. The third-order valence-electron chi connectivity index (χ3n) is 4.05. The first kappa shape index (κ1) is 20.1. The van der Waals surface area contributed by atoms with Gasteiger partial charge in [0.25, 0.3) is 0 Å². The molecule has 0 bridgehead atoms. The summed E-state index contributed by atoms with van der Waals surface area (Å²) in [6.45, 7) is 2.01. The molecule has 130 valence electrons. The molecule has 23 heavy (non-hydrogen) atoms. The highest BCUT2D eigenvalue weighted by Crippen LogP contribution is 2.41. The van der Waals surface area contributed by atoms with Crippen LogP contribution in [0.1, 0.15) is 11.6 Å². The molecule has 8 heteroatoms. The number of piperazine rings is 1. The van der Waals surface area contributed by atoms with Gasteiger partial charge in [-0.15, -0.1) is 24.8 Å². The van der Waals surface area contributed by atoms with Crippen LogP contribution in [0.2, 0.25) is 0 Å². The van der Waals surface area contributed by atoms with E-state index in [2.05, 4.69) is 5.32 Å². The highest BCUT2D eigenvalue weighted by Gasteiger charge is 2.46. The third-order valence-corrected chi connectivity index (χ3v) is 4.05. The summed E-state index contributed by atoms with van der Waals surface area (Å²) < 4.78 is 42.7. The van der Waals surface area contributed by atoms with E-state index in [0.29, 0.717) is 37.1 Å². The minimum absolute atomic E-state index is 0. The zero-order chi connectivity index (χ0) is 15.0. The van der Waals surface area contributed by atoms with Gasteiger partial charge in [0.1, 0.15) is 6.04 Å². The van der Waals surface area contributed by atoms with Crippen molar-refractivity contribution in [2.24, 2.45) is 7.05 Å². The van der Waals surface area contributed by atoms with E-state index in [4.69, 9.17) is 0 Å². The number of halogens is 5. The Morgan fingerprint density at radius 3 is 2.30 bits per heavy atom. The summed E-state index contributed by atoms with van der Waals surface area (Å²) in [5, 5.41) is 3.78. The summed E-state index contributed by atoms with van der Waals surface area (Å²) in [5.74, 6) is 0. The largest absolute Gasteiger partial charge is 0.408 e. The number of aromatic nitrogens is 1. The number of benzene rings is 1. The standard InChI is InChI=1S/C15H18F3N3.2ClH/c1-20-10-12(11-4-2-3-5-13(11)20)14(15(16,17)18)21-8-6-19-7-9-21;;/h2-5,10,14,19H,6-9H2,1H3;2*1H/t14-;;/m1../s1. The first-order valence-electron chi connectivity index (χ1n) is 7.04. The topological polar surface area (TPSA) is 20.2 Å². The summed E-state index contributed by atoms with van der Waals surface area (Å²) >= 11 is 0. The zero-order valence-electron chi connectivity index (χ0n) is 12.6. The Balaban J connectivity index is 0.00000132. The number of para-hydroxylation sites is 1. The Bertz CT molecular complexity index is 636. The predicted octanol–water partition coefficient (Wildman–Crippen LogP) is 3.53. The Morgan fingerprint density at radius 1 is 1.09 bits per heavy atom. The van der Waals surface area contributed by atoms with Gasteiger partial charge in [-0.3, -0.25) is 4.90 Å². The van der Waals surface area contributed by atoms with Crippen LogP contribution < -0.4 is 5.32 Å². The van der Waals surface area contributed by atoms with E-state index in [-0.39, 0.29) is 24.8 Å². The molecule has 2 heterocycles. The lowest BCUT2D eigenvalue weighted by molar-refractivity contribution is -0.187. The molecule has 0 radical (unpaired) electrons. The van der Waals surface area contributed by atoms with Crippen LogP contribution >= 0.6 is 24.8 Å². The summed E-state index contributed by atoms with van der Waals surface area (Å²) in [7, 11) is 1.79. The number of fused-ring (bicyclic) bond motifs is 1. The van der Waals surface area contributed by atoms with Gasteiger partial charge in [0.05, 0.1) is 0 Å². The molecule has 3 rings (SSSR count). The monoisotopic (exact) mass is 369 g/mol. The molecule has 1 saturated heterocycles. The number of hydrogen-bond donors (Lipinski definition) is 1. The maximum Gasteiger partial charge on any atom is 0.408 e. The Kier molecular flexibility index (Phi) is 6.77. The third kappa shape index (κ3) is 3.94. The second-order valence-electron chi connectivity index (χ2n) is 5.44. The number of hydrogen-bond acceptors (Lipinski definition) is 2. The Hall–Kier alpha value is -0.950. The van der Waals surface area contributed by atoms with E-state index in [1.54, 1.807) is 29.9 Å². The predicted molar refractivity (Wildman–Crippen MR) is 90.7 cm³/mol. The minimum Gasteiger partial charge on any atom is -0.350 e. The van der Waals surface area contributed by atoms with Crippen LogP contribution in [-0.2, 0) is 7.05 Å². The van der Waals surface area contributed by atoms with Gasteiger partial charge < -0.3 is 9.88 Å². The lowest BCUT2D eigenvalue weighted by atomic mass is 10.0. The van der Waals surface area contributed by atoms with Crippen molar-refractivity contribution >= 4 is 35.7 Å². The summed E-state index contributed by atoms with van der Waals surface area (Å²) in [6.07, 6.45) is -2.66. The van der Waals surface area contributed by atoms with Gasteiger partial charge in [0.2, 0.25) is 0 Å². The van der Waals surface area contributed by atoms with E-state index >= 15 is 0 Å². The van der Waals surface area contributed by atoms with Gasteiger partial charge in [0, 0.05) is 55.9 Å². The van der Waals surface area contributed by atoms with Gasteiger partial charge in [-0.2, -0.15) is 13.2 Å². The highest BCUT2D eigenvalue weighted by atomic mass is 35.5. The molecule has 1 aliphatic rings. The van der Waals surface area contributed by atoms with Gasteiger partial charge in [-0.05, 0) is 6.07 Å². The maximum atomic E-state index is 13.7. The molecule has 0 aliphatic carbocycles. The summed E-state index contributed by atoms with van der Waals surface area (Å²) in [4.78, 5) is 1.53. The van der Waals surface area contributed by atoms with Crippen molar-refractivity contribution in [1.82, 2.24) is 14.8 Å². The van der Waals surface area contributed by atoms with Crippen LogP contribution in [0, 0.1) is 0 Å². The van der Waals surface area contributed by atoms with Crippen LogP contribution in [-0.4, -0.2) is 41.8 Å². The number of rotatable bonds is 2. The van der Waals surface area contributed by atoms with Crippen LogP contribution in [0.4, 0.5) is 13.2 Å². The van der Waals surface area contributed by atoms with Crippen molar-refractivity contribution < 1.29 is 13.2 Å². The van der Waals surface area contributed by atoms with Crippen molar-refractivity contribution in [3.05, 3.63) is 36.0 Å². The molecule has 0 saturated carbocycles. The quantitative estimate of drug-likeness (QED) is 0.873. The zero-order valence-corrected chi connectivity index (χ0v) is 14.3. The Labute approximate surface area is 145 Å². The molecule has 1 N–H and O–H groups in total. The van der Waals surface area contributed by atoms with E-state index in [1.165, 1.54) is 4.90 Å². The van der Waals surface area contributed by atoms with Crippen molar-refractivity contribution in [2.75, 3.05) is 26.2 Å². The highest BCUT2D eigenvalue weighted by molar-refractivity contribution is 5.86. The van der Waals surface area contributed by atoms with Crippen LogP contribution in [0.25, 0.3) is 10.9 Å². The van der Waals surface area contributed by atoms with E-state index in [0.717, 1.165) is 5.52 Å². The van der Waals surface area contributed by atoms with Gasteiger partial charge >= 0.3 is 6.18 Å². The van der Waals surface area contributed by atoms with E-state index < -0.39 is 12.2 Å². The lowest BCUT2D eigenvalue weighted by Gasteiger charge is -2.35. The maximum absolute atomic E-state index is 13.7. The molecule has 1 atom stereocenters. The van der Waals surface area contributed by atoms with E-state index in [1.807, 2.05) is 12.1 Å². The summed E-state index contributed by atoms with van der Waals surface area (Å²) in [5.41, 5.74) is 1.18. The second-order valence-corrected chi connectivity index (χ2v) is 5.44. The van der Waals surface area contributed by atoms with Gasteiger partial charge in [0.15, 0.2) is 0 Å². The van der Waals surface area contributed by atoms with Crippen molar-refractivity contribution in [1.29, 1.82) is 0 Å². The van der Waals surface area contributed by atoms with Crippen LogP contribution in [0.15, 0.2) is 30.5 Å². The SMILES string of the molecule is Cl.Cl.Cn1cc([C@@H](N2CCNCC2)C(F)(F)F)c2ccccc21. The van der Waals surface area contributed by atoms with Crippen molar-refractivity contribution in [3.63, 3.8) is 0 Å². The van der Waals surface area contributed by atoms with Gasteiger partial charge in [-0.1, -0.05) is 18.2 Å². The summed E-state index contributed by atoms with van der Waals surface area (Å²) in [6, 6.07) is 5.72. The molecule has 3 nitrogen and oxygen atoms in total. The average Bonchev–Trinajstić information content (AvgIpc) is 2.77. The second kappa shape index (κ2) is 7.75. The fraction of sp³-hybridized carbons (Fsp3) is 0.467. The van der Waals surface area contributed by atoms with Crippen LogP contribution in [0.3, 0.4) is 0 Å². The molecule has 1 aromatic carbocycles. The molecule has 0 unspecified atom stereocenters. The first-order chi connectivity index (χ1) is 9.98. The molecule has 2 aromatic rings. The normalized spacial score (nSPS) is 17.4. The fourth-order valence-corrected chi connectivity index (χ4v) is 3.11. The van der Waals surface area contributed by atoms with Crippen molar-refractivity contribution in [3.8, 4) is 0 Å². The molecular formula is C15H20Cl2F3N3. The molecule has 1 aromatic heterocycles. The fourth-order valence-electron chi connectivity index (χ4n) is 3.11. The van der Waals surface area contributed by atoms with Gasteiger partial charge in [-0.25, -0.2) is 0 Å². The number of alkyl halides is 3. The molecule has 0 spiro atoms. The number of aryl methyl sites for hydroxylation is 1. The smallest absolute Gasteiger partial charge is 0.350 e. The lowest BCUT2D eigenvalue weighted by Crippen LogP contribution is -2.49. The molecule has 1 aliphatic heterocycles. The number of nitrogens with one attached hydrogen (secondary N) is 1. The van der Waals surface area contributed by atoms with E-state index in [9.17, 15) is 13.2 Å². The number of nitrogens with zero attached hydrogens (tertiary/aromatic N) is 2. The minimum atomic E-state index is -4.28. The molecule has 0 amide bonds. The first-order valence-corrected chi connectivity index (χ1v) is 7.04. The van der Waals surface area contributed by atoms with Crippen LogP contribution in [0.5, 0.6) is 0 Å². The molecular weight excluding hydrogens is 350 g/mol. The average molecular weight is 370 g/mol. The van der Waals surface area contributed by atoms with Crippen molar-refractivity contribution in [2.45, 2.75) is 12.2 Å².